The Hall–Kier alpha value is -2.64. The van der Waals surface area contributed by atoms with Crippen LogP contribution in [0.25, 0.3) is 0 Å². The highest BCUT2D eigenvalue weighted by molar-refractivity contribution is 7.80. The second-order valence-corrected chi connectivity index (χ2v) is 7.24. The lowest BCUT2D eigenvalue weighted by molar-refractivity contribution is 0.0977. The van der Waals surface area contributed by atoms with Crippen molar-refractivity contribution < 1.29 is 19.0 Å². The van der Waals surface area contributed by atoms with Gasteiger partial charge in [-0.15, -0.1) is 0 Å². The number of rotatable bonds is 10. The predicted octanol–water partition coefficient (Wildman–Crippen LogP) is 4.26. The molecule has 7 heteroatoms. The van der Waals surface area contributed by atoms with E-state index in [9.17, 15) is 4.79 Å². The molecule has 0 bridgehead atoms. The van der Waals surface area contributed by atoms with Crippen molar-refractivity contribution in [3.05, 3.63) is 54.1 Å². The fourth-order valence-corrected chi connectivity index (χ4v) is 2.54. The third-order valence-corrected chi connectivity index (χ3v) is 4.18. The van der Waals surface area contributed by atoms with Crippen LogP contribution in [0.3, 0.4) is 0 Å². The van der Waals surface area contributed by atoms with Gasteiger partial charge < -0.3 is 19.5 Å². The summed E-state index contributed by atoms with van der Waals surface area (Å²) in [6.45, 7) is 5.98. The van der Waals surface area contributed by atoms with E-state index in [2.05, 4.69) is 24.5 Å². The van der Waals surface area contributed by atoms with Gasteiger partial charge in [-0.05, 0) is 73.1 Å². The molecule has 1 amide bonds. The average Bonchev–Trinajstić information content (AvgIpc) is 2.69. The van der Waals surface area contributed by atoms with E-state index in [-0.39, 0.29) is 11.0 Å². The molecule has 156 valence electrons. The number of methoxy groups -OCH3 is 1. The van der Waals surface area contributed by atoms with Crippen molar-refractivity contribution in [2.24, 2.45) is 5.92 Å². The number of hydrogen-bond acceptors (Lipinski definition) is 5. The highest BCUT2D eigenvalue weighted by atomic mass is 32.1. The molecule has 2 N–H and O–H groups in total. The first-order valence-electron chi connectivity index (χ1n) is 9.55. The summed E-state index contributed by atoms with van der Waals surface area (Å²) in [5.41, 5.74) is 1.26. The normalized spacial score (nSPS) is 10.5. The molecular formula is C22H28N2O4S. The van der Waals surface area contributed by atoms with Crippen LogP contribution in [0, 0.1) is 5.92 Å². The molecule has 0 aliphatic heterocycles. The first-order valence-corrected chi connectivity index (χ1v) is 9.95. The van der Waals surface area contributed by atoms with Gasteiger partial charge in [0.05, 0.1) is 13.2 Å². The third kappa shape index (κ3) is 8.50. The van der Waals surface area contributed by atoms with Crippen molar-refractivity contribution in [3.8, 4) is 11.5 Å². The number of thiocarbonyl (C=S) groups is 1. The molecule has 0 aliphatic rings. The molecule has 6 nitrogen and oxygen atoms in total. The Bertz CT molecular complexity index is 776. The average molecular weight is 417 g/mol. The number of hydrogen-bond donors (Lipinski definition) is 2. The molecule has 0 saturated carbocycles. The fourth-order valence-electron chi connectivity index (χ4n) is 2.33. The number of amides is 1. The maximum Gasteiger partial charge on any atom is 0.257 e. The molecule has 2 aromatic rings. The molecule has 29 heavy (non-hydrogen) atoms. The van der Waals surface area contributed by atoms with E-state index in [4.69, 9.17) is 26.4 Å². The monoisotopic (exact) mass is 416 g/mol. The molecule has 0 aromatic heterocycles. The lowest BCUT2D eigenvalue weighted by atomic mass is 10.1. The van der Waals surface area contributed by atoms with E-state index in [0.717, 1.165) is 17.9 Å². The molecule has 0 heterocycles. The Labute approximate surface area is 177 Å². The maximum absolute atomic E-state index is 12.3. The first-order chi connectivity index (χ1) is 14.0. The molecule has 0 spiro atoms. The standard InChI is InChI=1S/C22H28N2O4S/c1-16(2)12-13-27-20-10-6-18(7-11-20)23-22(29)24-21(25)17-4-8-19(9-5-17)28-15-14-26-3/h4-11,16H,12-15H2,1-3H3,(H2,23,24,25,29). The highest BCUT2D eigenvalue weighted by Gasteiger charge is 2.08. The van der Waals surface area contributed by atoms with Crippen LogP contribution >= 0.6 is 12.2 Å². The summed E-state index contributed by atoms with van der Waals surface area (Å²) < 4.78 is 16.1. The van der Waals surface area contributed by atoms with Gasteiger partial charge in [-0.2, -0.15) is 0 Å². The van der Waals surface area contributed by atoms with Gasteiger partial charge in [-0.1, -0.05) is 13.8 Å². The molecule has 2 aromatic carbocycles. The van der Waals surface area contributed by atoms with E-state index in [0.29, 0.717) is 37.1 Å². The Balaban J connectivity index is 1.80. The Morgan fingerprint density at radius 2 is 1.52 bits per heavy atom. The highest BCUT2D eigenvalue weighted by Crippen LogP contribution is 2.17. The Kier molecular flexibility index (Phi) is 9.40. The summed E-state index contributed by atoms with van der Waals surface area (Å²) in [5.74, 6) is 1.80. The third-order valence-electron chi connectivity index (χ3n) is 3.98. The van der Waals surface area contributed by atoms with E-state index in [1.807, 2.05) is 24.3 Å². The Morgan fingerprint density at radius 3 is 2.10 bits per heavy atom. The Morgan fingerprint density at radius 1 is 0.931 bits per heavy atom. The number of ether oxygens (including phenoxy) is 3. The number of benzene rings is 2. The minimum Gasteiger partial charge on any atom is -0.494 e. The topological polar surface area (TPSA) is 68.8 Å². The van der Waals surface area contributed by atoms with Crippen LogP contribution in [0.15, 0.2) is 48.5 Å². The lowest BCUT2D eigenvalue weighted by Crippen LogP contribution is -2.34. The summed E-state index contributed by atoms with van der Waals surface area (Å²) in [4.78, 5) is 12.3. The van der Waals surface area contributed by atoms with Crippen LogP contribution in [0.1, 0.15) is 30.6 Å². The molecule has 0 fully saturated rings. The van der Waals surface area contributed by atoms with Gasteiger partial charge in [-0.3, -0.25) is 10.1 Å². The zero-order valence-electron chi connectivity index (χ0n) is 17.1. The zero-order chi connectivity index (χ0) is 21.1. The van der Waals surface area contributed by atoms with Crippen LogP contribution < -0.4 is 20.1 Å². The van der Waals surface area contributed by atoms with Gasteiger partial charge in [-0.25, -0.2) is 0 Å². The van der Waals surface area contributed by atoms with Gasteiger partial charge in [0.25, 0.3) is 5.91 Å². The number of anilines is 1. The molecule has 2 rings (SSSR count). The summed E-state index contributed by atoms with van der Waals surface area (Å²) in [6.07, 6.45) is 1.01. The van der Waals surface area contributed by atoms with E-state index >= 15 is 0 Å². The second kappa shape index (κ2) is 12.0. The van der Waals surface area contributed by atoms with Crippen molar-refractivity contribution >= 4 is 28.9 Å². The number of carbonyl (C=O) groups excluding carboxylic acids is 1. The zero-order valence-corrected chi connectivity index (χ0v) is 17.9. The van der Waals surface area contributed by atoms with Crippen molar-refractivity contribution in [1.82, 2.24) is 5.32 Å². The minimum absolute atomic E-state index is 0.226. The molecule has 0 atom stereocenters. The summed E-state index contributed by atoms with van der Waals surface area (Å²) >= 11 is 5.23. The smallest absolute Gasteiger partial charge is 0.257 e. The van der Waals surface area contributed by atoms with Crippen LogP contribution in [-0.2, 0) is 4.74 Å². The van der Waals surface area contributed by atoms with E-state index < -0.39 is 0 Å². The molecule has 0 aliphatic carbocycles. The number of carbonyl (C=O) groups is 1. The van der Waals surface area contributed by atoms with Crippen molar-refractivity contribution in [3.63, 3.8) is 0 Å². The van der Waals surface area contributed by atoms with Gasteiger partial charge in [0.2, 0.25) is 0 Å². The van der Waals surface area contributed by atoms with Crippen LogP contribution in [-0.4, -0.2) is 38.0 Å². The van der Waals surface area contributed by atoms with E-state index in [1.54, 1.807) is 31.4 Å². The van der Waals surface area contributed by atoms with Crippen molar-refractivity contribution in [2.45, 2.75) is 20.3 Å². The predicted molar refractivity (Wildman–Crippen MR) is 119 cm³/mol. The molecule has 0 unspecified atom stereocenters. The maximum atomic E-state index is 12.3. The van der Waals surface area contributed by atoms with Crippen LogP contribution in [0.4, 0.5) is 5.69 Å². The fraction of sp³-hybridized carbons (Fsp3) is 0.364. The number of nitrogens with one attached hydrogen (secondary N) is 2. The summed E-state index contributed by atoms with van der Waals surface area (Å²) in [5, 5.41) is 5.89. The molecule has 0 radical (unpaired) electrons. The van der Waals surface area contributed by atoms with Crippen LogP contribution in [0.5, 0.6) is 11.5 Å². The lowest BCUT2D eigenvalue weighted by Gasteiger charge is -2.12. The first kappa shape index (κ1) is 22.6. The summed E-state index contributed by atoms with van der Waals surface area (Å²) in [7, 11) is 1.61. The van der Waals surface area contributed by atoms with E-state index in [1.165, 1.54) is 0 Å². The molecule has 0 saturated heterocycles. The van der Waals surface area contributed by atoms with Crippen LogP contribution in [0.2, 0.25) is 0 Å². The SMILES string of the molecule is COCCOc1ccc(C(=O)NC(=S)Nc2ccc(OCCC(C)C)cc2)cc1. The van der Waals surface area contributed by atoms with Crippen molar-refractivity contribution in [1.29, 1.82) is 0 Å². The van der Waals surface area contributed by atoms with Gasteiger partial charge in [0.1, 0.15) is 18.1 Å². The van der Waals surface area contributed by atoms with Gasteiger partial charge in [0, 0.05) is 18.4 Å². The summed E-state index contributed by atoms with van der Waals surface area (Å²) in [6, 6.07) is 14.3. The van der Waals surface area contributed by atoms with Gasteiger partial charge in [0.15, 0.2) is 5.11 Å². The minimum atomic E-state index is -0.292. The quantitative estimate of drug-likeness (QED) is 0.445. The van der Waals surface area contributed by atoms with Gasteiger partial charge >= 0.3 is 0 Å². The molecular weight excluding hydrogens is 388 g/mol. The largest absolute Gasteiger partial charge is 0.494 e. The second-order valence-electron chi connectivity index (χ2n) is 6.83. The van der Waals surface area contributed by atoms with Crippen molar-refractivity contribution in [2.75, 3.05) is 32.2 Å².